The molecule has 0 radical (unpaired) electrons. The largest absolute Gasteiger partial charge is 0.452 e. The van der Waals surface area contributed by atoms with E-state index in [0.29, 0.717) is 0 Å². The van der Waals surface area contributed by atoms with Crippen LogP contribution in [-0.4, -0.2) is 24.0 Å². The normalized spacial score (nSPS) is 12.7. The van der Waals surface area contributed by atoms with Crippen molar-refractivity contribution < 1.29 is 23.5 Å². The van der Waals surface area contributed by atoms with Crippen molar-refractivity contribution in [1.29, 1.82) is 0 Å². The van der Waals surface area contributed by atoms with E-state index in [1.54, 1.807) is 17.5 Å². The van der Waals surface area contributed by atoms with Gasteiger partial charge in [-0.25, -0.2) is 9.18 Å². The van der Waals surface area contributed by atoms with Crippen molar-refractivity contribution in [3.63, 3.8) is 0 Å². The molecule has 27 heavy (non-hydrogen) atoms. The number of urea groups is 1. The summed E-state index contributed by atoms with van der Waals surface area (Å²) in [5, 5.41) is 6.59. The minimum atomic E-state index is -1.11. The molecule has 1 aromatic carbocycles. The van der Waals surface area contributed by atoms with Crippen molar-refractivity contribution >= 4 is 46.5 Å². The van der Waals surface area contributed by atoms with Crippen LogP contribution in [0.5, 0.6) is 0 Å². The fourth-order valence-corrected chi connectivity index (χ4v) is 3.13. The van der Waals surface area contributed by atoms with Gasteiger partial charge in [0.1, 0.15) is 5.82 Å². The highest BCUT2D eigenvalue weighted by molar-refractivity contribution is 7.10. The Bertz CT molecular complexity index is 832. The van der Waals surface area contributed by atoms with Crippen LogP contribution in [0.1, 0.15) is 24.3 Å². The number of rotatable bonds is 7. The zero-order chi connectivity index (χ0) is 20.0. The first-order valence-corrected chi connectivity index (χ1v) is 9.06. The van der Waals surface area contributed by atoms with Gasteiger partial charge < -0.3 is 21.1 Å². The monoisotopic (exact) mass is 413 g/mol. The molecule has 2 aromatic rings. The average Bonchev–Trinajstić information content (AvgIpc) is 3.11. The topological polar surface area (TPSA) is 111 Å². The molecule has 0 bridgehead atoms. The summed E-state index contributed by atoms with van der Waals surface area (Å²) in [5.41, 5.74) is 5.40. The zero-order valence-electron chi connectivity index (χ0n) is 14.2. The van der Waals surface area contributed by atoms with E-state index in [1.165, 1.54) is 30.4 Å². The van der Waals surface area contributed by atoms with Gasteiger partial charge in [-0.1, -0.05) is 17.7 Å². The van der Waals surface area contributed by atoms with Gasteiger partial charge in [-0.3, -0.25) is 9.59 Å². The van der Waals surface area contributed by atoms with Crippen molar-refractivity contribution in [2.24, 2.45) is 5.73 Å². The second kappa shape index (κ2) is 9.33. The first kappa shape index (κ1) is 20.7. The number of ether oxygens (including phenoxy) is 1. The molecule has 0 saturated heterocycles. The van der Waals surface area contributed by atoms with Crippen LogP contribution >= 0.6 is 22.9 Å². The summed E-state index contributed by atoms with van der Waals surface area (Å²) in [5.74, 6) is -1.92. The van der Waals surface area contributed by atoms with E-state index in [0.717, 1.165) is 10.9 Å². The van der Waals surface area contributed by atoms with Gasteiger partial charge in [-0.05, 0) is 36.6 Å². The second-order valence-electron chi connectivity index (χ2n) is 5.53. The number of esters is 1. The van der Waals surface area contributed by atoms with Crippen LogP contribution in [0.4, 0.5) is 14.9 Å². The molecule has 0 aliphatic carbocycles. The number of hydrogen-bond donors (Lipinski definition) is 3. The number of carbonyl (C=O) groups excluding carboxylic acids is 3. The van der Waals surface area contributed by atoms with E-state index in [4.69, 9.17) is 22.1 Å². The maximum atomic E-state index is 13.1. The minimum Gasteiger partial charge on any atom is -0.452 e. The molecule has 0 unspecified atom stereocenters. The quantitative estimate of drug-likeness (QED) is 0.605. The molecule has 1 heterocycles. The van der Waals surface area contributed by atoms with Gasteiger partial charge in [0.25, 0.3) is 5.91 Å². The molecule has 0 fully saturated rings. The molecule has 0 aliphatic rings. The molecule has 2 atom stereocenters. The number of thiophene rings is 1. The molecule has 4 N–H and O–H groups in total. The lowest BCUT2D eigenvalue weighted by molar-refractivity contribution is -0.153. The highest BCUT2D eigenvalue weighted by atomic mass is 35.5. The van der Waals surface area contributed by atoms with Gasteiger partial charge >= 0.3 is 12.0 Å². The van der Waals surface area contributed by atoms with E-state index in [-0.39, 0.29) is 17.1 Å². The summed E-state index contributed by atoms with van der Waals surface area (Å²) in [4.78, 5) is 36.1. The Morgan fingerprint density at radius 2 is 2.07 bits per heavy atom. The maximum Gasteiger partial charge on any atom is 0.312 e. The van der Waals surface area contributed by atoms with Gasteiger partial charge in [0, 0.05) is 10.6 Å². The molecule has 0 spiro atoms. The summed E-state index contributed by atoms with van der Waals surface area (Å²) >= 11 is 7.00. The molecule has 2 rings (SSSR count). The van der Waals surface area contributed by atoms with E-state index < -0.39 is 35.9 Å². The van der Waals surface area contributed by atoms with Crippen molar-refractivity contribution in [3.05, 3.63) is 51.4 Å². The Morgan fingerprint density at radius 3 is 2.67 bits per heavy atom. The van der Waals surface area contributed by atoms with Crippen molar-refractivity contribution in [1.82, 2.24) is 5.32 Å². The number of nitrogens with two attached hydrogens (primary N) is 1. The number of primary amides is 1. The number of benzene rings is 1. The SMILES string of the molecule is C[C@@H](OC(=O)C[C@@H](NC(N)=O)c1cccs1)C(=O)Nc1ccc(F)c(Cl)c1. The minimum absolute atomic E-state index is 0.145. The fourth-order valence-electron chi connectivity index (χ4n) is 2.17. The number of halogens is 2. The Kier molecular flexibility index (Phi) is 7.14. The summed E-state index contributed by atoms with van der Waals surface area (Å²) in [6.45, 7) is 1.39. The van der Waals surface area contributed by atoms with Gasteiger partial charge in [-0.2, -0.15) is 0 Å². The third-order valence-electron chi connectivity index (χ3n) is 3.44. The summed E-state index contributed by atoms with van der Waals surface area (Å²) in [6.07, 6.45) is -1.30. The molecule has 144 valence electrons. The van der Waals surface area contributed by atoms with Crippen molar-refractivity contribution in [2.45, 2.75) is 25.5 Å². The lowest BCUT2D eigenvalue weighted by Crippen LogP contribution is -2.35. The summed E-state index contributed by atoms with van der Waals surface area (Å²) < 4.78 is 18.2. The van der Waals surface area contributed by atoms with E-state index >= 15 is 0 Å². The van der Waals surface area contributed by atoms with Gasteiger partial charge in [-0.15, -0.1) is 11.3 Å². The molecule has 0 aliphatic heterocycles. The van der Waals surface area contributed by atoms with Gasteiger partial charge in [0.2, 0.25) is 0 Å². The predicted octanol–water partition coefficient (Wildman–Crippen LogP) is 3.21. The summed E-state index contributed by atoms with van der Waals surface area (Å²) in [6, 6.07) is 5.76. The molecular weight excluding hydrogens is 397 g/mol. The Hall–Kier alpha value is -2.65. The molecule has 7 nitrogen and oxygen atoms in total. The Balaban J connectivity index is 1.93. The lowest BCUT2D eigenvalue weighted by atomic mass is 10.1. The third-order valence-corrected chi connectivity index (χ3v) is 4.71. The van der Waals surface area contributed by atoms with Crippen LogP contribution < -0.4 is 16.4 Å². The van der Waals surface area contributed by atoms with Gasteiger partial charge in [0.15, 0.2) is 6.10 Å². The number of amides is 3. The van der Waals surface area contributed by atoms with Crippen molar-refractivity contribution in [3.8, 4) is 0 Å². The lowest BCUT2D eigenvalue weighted by Gasteiger charge is -2.18. The van der Waals surface area contributed by atoms with E-state index in [9.17, 15) is 18.8 Å². The van der Waals surface area contributed by atoms with Gasteiger partial charge in [0.05, 0.1) is 17.5 Å². The number of anilines is 1. The number of nitrogens with one attached hydrogen (secondary N) is 2. The first-order valence-electron chi connectivity index (χ1n) is 7.81. The fraction of sp³-hybridized carbons (Fsp3) is 0.235. The van der Waals surface area contributed by atoms with Crippen molar-refractivity contribution in [2.75, 3.05) is 5.32 Å². The number of hydrogen-bond acceptors (Lipinski definition) is 5. The standard InChI is InChI=1S/C17H17ClFN3O4S/c1-9(16(24)21-10-4-5-12(19)11(18)7-10)26-15(23)8-13(22-17(20)25)14-3-2-6-27-14/h2-7,9,13H,8H2,1H3,(H,21,24)(H3,20,22,25)/t9-,13-/m1/s1. The van der Waals surface area contributed by atoms with Crippen LogP contribution in [0.2, 0.25) is 5.02 Å². The highest BCUT2D eigenvalue weighted by Crippen LogP contribution is 2.23. The van der Waals surface area contributed by atoms with Crippen LogP contribution in [0.15, 0.2) is 35.7 Å². The van der Waals surface area contributed by atoms with E-state index in [1.807, 2.05) is 0 Å². The highest BCUT2D eigenvalue weighted by Gasteiger charge is 2.23. The first-order chi connectivity index (χ1) is 12.8. The van der Waals surface area contributed by atoms with Crippen LogP contribution in [0.25, 0.3) is 0 Å². The van der Waals surface area contributed by atoms with Crippen LogP contribution in [0, 0.1) is 5.82 Å². The molecule has 0 saturated carbocycles. The maximum absolute atomic E-state index is 13.1. The van der Waals surface area contributed by atoms with Crippen LogP contribution in [0.3, 0.4) is 0 Å². The Morgan fingerprint density at radius 1 is 1.33 bits per heavy atom. The predicted molar refractivity (Wildman–Crippen MR) is 100.0 cm³/mol. The average molecular weight is 414 g/mol. The molecule has 3 amide bonds. The molecular formula is C17H17ClFN3O4S. The number of carbonyl (C=O) groups is 3. The zero-order valence-corrected chi connectivity index (χ0v) is 15.8. The van der Waals surface area contributed by atoms with E-state index in [2.05, 4.69) is 10.6 Å². The smallest absolute Gasteiger partial charge is 0.312 e. The summed E-state index contributed by atoms with van der Waals surface area (Å²) in [7, 11) is 0. The molecule has 10 heteroatoms. The third kappa shape index (κ3) is 6.22. The Labute approximate surface area is 163 Å². The van der Waals surface area contributed by atoms with Crippen LogP contribution in [-0.2, 0) is 14.3 Å². The molecule has 1 aromatic heterocycles. The second-order valence-corrected chi connectivity index (χ2v) is 6.92.